The maximum Gasteiger partial charge on any atom is 0.191 e. The van der Waals surface area contributed by atoms with E-state index in [1.165, 1.54) is 3.58 Å². The molecule has 0 bridgehead atoms. The highest BCUT2D eigenvalue weighted by atomic mass is 127. The molecule has 0 saturated carbocycles. The van der Waals surface area contributed by atoms with Crippen molar-refractivity contribution >= 4 is 39.2 Å². The van der Waals surface area contributed by atoms with Gasteiger partial charge < -0.3 is 8.85 Å². The number of halogens is 1. The zero-order chi connectivity index (χ0) is 19.9. The lowest BCUT2D eigenvalue weighted by molar-refractivity contribution is 0.282. The standard InChI is InChI=1S/C20H43IO2Si2/c1-19(2,3)24(7,8)22-16-12-11-14-18(21)15-13-17-23-25(9,10)20(4,5)6/h14H,11-13,15-17H2,1-10H3/b18-14-. The number of unbranched alkanes of at least 4 members (excludes halogenated alkanes) is 1. The molecule has 0 aliphatic heterocycles. The quantitative estimate of drug-likeness (QED) is 0.173. The van der Waals surface area contributed by atoms with Crippen molar-refractivity contribution in [3.8, 4) is 0 Å². The second kappa shape index (κ2) is 10.4. The minimum absolute atomic E-state index is 0.306. The van der Waals surface area contributed by atoms with Crippen LogP contribution in [0.2, 0.25) is 36.3 Å². The van der Waals surface area contributed by atoms with Crippen LogP contribution in [-0.4, -0.2) is 29.8 Å². The first kappa shape index (κ1) is 25.8. The summed E-state index contributed by atoms with van der Waals surface area (Å²) >= 11 is 2.48. The van der Waals surface area contributed by atoms with Crippen LogP contribution in [0.25, 0.3) is 0 Å². The maximum atomic E-state index is 6.25. The van der Waals surface area contributed by atoms with Gasteiger partial charge in [0.15, 0.2) is 16.6 Å². The molecular weight excluding hydrogens is 455 g/mol. The SMILES string of the molecule is CC(C)(C)[Si](C)(C)OCCC/C=C(\I)CCCO[Si](C)(C)C(C)(C)C. The van der Waals surface area contributed by atoms with Gasteiger partial charge in [0, 0.05) is 13.2 Å². The Morgan fingerprint density at radius 2 is 1.20 bits per heavy atom. The van der Waals surface area contributed by atoms with E-state index >= 15 is 0 Å². The zero-order valence-electron chi connectivity index (χ0n) is 18.5. The number of allylic oxidation sites excluding steroid dienone is 2. The second-order valence-electron chi connectivity index (χ2n) is 10.1. The van der Waals surface area contributed by atoms with E-state index in [-0.39, 0.29) is 0 Å². The molecule has 0 aromatic heterocycles. The molecule has 0 amide bonds. The fraction of sp³-hybridized carbons (Fsp3) is 0.900. The van der Waals surface area contributed by atoms with E-state index in [2.05, 4.69) is 96.4 Å². The third kappa shape index (κ3) is 10.1. The molecule has 0 aromatic rings. The molecule has 0 heterocycles. The lowest BCUT2D eigenvalue weighted by Gasteiger charge is -2.36. The summed E-state index contributed by atoms with van der Waals surface area (Å²) in [5.41, 5.74) is 0. The Morgan fingerprint density at radius 1 is 0.800 bits per heavy atom. The summed E-state index contributed by atoms with van der Waals surface area (Å²) in [6.45, 7) is 24.9. The summed E-state index contributed by atoms with van der Waals surface area (Å²) in [4.78, 5) is 0. The molecule has 0 radical (unpaired) electrons. The monoisotopic (exact) mass is 498 g/mol. The molecule has 0 aromatic carbocycles. The first-order valence-corrected chi connectivity index (χ1v) is 16.6. The number of hydrogen-bond acceptors (Lipinski definition) is 2. The van der Waals surface area contributed by atoms with Gasteiger partial charge in [-0.05, 0) is 88.1 Å². The first-order chi connectivity index (χ1) is 11.1. The summed E-state index contributed by atoms with van der Waals surface area (Å²) in [6, 6.07) is 0. The molecule has 0 unspecified atom stereocenters. The van der Waals surface area contributed by atoms with Crippen LogP contribution in [-0.2, 0) is 8.85 Å². The van der Waals surface area contributed by atoms with Crippen molar-refractivity contribution < 1.29 is 8.85 Å². The van der Waals surface area contributed by atoms with Crippen molar-refractivity contribution in [2.45, 2.75) is 103 Å². The molecule has 2 nitrogen and oxygen atoms in total. The minimum atomic E-state index is -1.58. The smallest absolute Gasteiger partial charge is 0.191 e. The van der Waals surface area contributed by atoms with Crippen molar-refractivity contribution in [3.05, 3.63) is 9.66 Å². The predicted molar refractivity (Wildman–Crippen MR) is 127 cm³/mol. The zero-order valence-corrected chi connectivity index (χ0v) is 22.7. The summed E-state index contributed by atoms with van der Waals surface area (Å²) < 4.78 is 13.9. The molecule has 0 fully saturated rings. The topological polar surface area (TPSA) is 18.5 Å². The summed E-state index contributed by atoms with van der Waals surface area (Å²) in [5.74, 6) is 0. The minimum Gasteiger partial charge on any atom is -0.417 e. The molecule has 5 heteroatoms. The van der Waals surface area contributed by atoms with Gasteiger partial charge in [-0.2, -0.15) is 0 Å². The highest BCUT2D eigenvalue weighted by Gasteiger charge is 2.37. The first-order valence-electron chi connectivity index (χ1n) is 9.73. The van der Waals surface area contributed by atoms with Gasteiger partial charge in [0.05, 0.1) is 0 Å². The van der Waals surface area contributed by atoms with E-state index in [0.717, 1.165) is 38.9 Å². The molecule has 0 aliphatic rings. The van der Waals surface area contributed by atoms with E-state index in [1.807, 2.05) is 0 Å². The van der Waals surface area contributed by atoms with Crippen molar-refractivity contribution in [2.24, 2.45) is 0 Å². The summed E-state index contributed by atoms with van der Waals surface area (Å²) in [7, 11) is -3.16. The molecule has 150 valence electrons. The van der Waals surface area contributed by atoms with Gasteiger partial charge in [0.2, 0.25) is 0 Å². The average molecular weight is 499 g/mol. The predicted octanol–water partition coefficient (Wildman–Crippen LogP) is 7.91. The van der Waals surface area contributed by atoms with Gasteiger partial charge in [-0.1, -0.05) is 47.6 Å². The number of hydrogen-bond donors (Lipinski definition) is 0. The van der Waals surface area contributed by atoms with Gasteiger partial charge in [0.1, 0.15) is 0 Å². The van der Waals surface area contributed by atoms with Crippen LogP contribution in [0.1, 0.15) is 67.2 Å². The van der Waals surface area contributed by atoms with Gasteiger partial charge in [0.25, 0.3) is 0 Å². The fourth-order valence-corrected chi connectivity index (χ4v) is 4.64. The third-order valence-corrected chi connectivity index (χ3v) is 15.9. The Hall–Kier alpha value is 0.824. The lowest BCUT2D eigenvalue weighted by Crippen LogP contribution is -2.40. The van der Waals surface area contributed by atoms with Gasteiger partial charge in [-0.15, -0.1) is 0 Å². The van der Waals surface area contributed by atoms with Crippen LogP contribution in [0.4, 0.5) is 0 Å². The van der Waals surface area contributed by atoms with E-state index in [1.54, 1.807) is 0 Å². The molecule has 0 N–H and O–H groups in total. The van der Waals surface area contributed by atoms with Gasteiger partial charge in [-0.3, -0.25) is 0 Å². The molecule has 25 heavy (non-hydrogen) atoms. The Kier molecular flexibility index (Phi) is 10.7. The van der Waals surface area contributed by atoms with Crippen LogP contribution in [0, 0.1) is 0 Å². The van der Waals surface area contributed by atoms with Crippen molar-refractivity contribution in [1.29, 1.82) is 0 Å². The van der Waals surface area contributed by atoms with Gasteiger partial charge in [-0.25, -0.2) is 0 Å². The fourth-order valence-electron chi connectivity index (χ4n) is 1.77. The third-order valence-electron chi connectivity index (χ3n) is 5.81. The largest absolute Gasteiger partial charge is 0.417 e. The van der Waals surface area contributed by atoms with Crippen molar-refractivity contribution in [2.75, 3.05) is 13.2 Å². The van der Waals surface area contributed by atoms with Crippen LogP contribution >= 0.6 is 22.6 Å². The lowest BCUT2D eigenvalue weighted by atomic mass is 10.2. The Labute approximate surface area is 173 Å². The second-order valence-corrected chi connectivity index (χ2v) is 21.1. The Bertz CT molecular complexity index is 418. The van der Waals surface area contributed by atoms with Crippen LogP contribution < -0.4 is 0 Å². The van der Waals surface area contributed by atoms with Crippen LogP contribution in [0.3, 0.4) is 0 Å². The number of rotatable bonds is 10. The van der Waals surface area contributed by atoms with Crippen LogP contribution in [0.5, 0.6) is 0 Å². The molecule has 0 spiro atoms. The van der Waals surface area contributed by atoms with Crippen molar-refractivity contribution in [1.82, 2.24) is 0 Å². The molecule has 0 atom stereocenters. The Morgan fingerprint density at radius 3 is 1.60 bits per heavy atom. The van der Waals surface area contributed by atoms with Gasteiger partial charge >= 0.3 is 0 Å². The molecular formula is C20H43IO2Si2. The van der Waals surface area contributed by atoms with E-state index in [4.69, 9.17) is 8.85 Å². The average Bonchev–Trinajstić information content (AvgIpc) is 2.40. The van der Waals surface area contributed by atoms with E-state index in [9.17, 15) is 0 Å². The highest BCUT2D eigenvalue weighted by Crippen LogP contribution is 2.37. The van der Waals surface area contributed by atoms with E-state index < -0.39 is 16.6 Å². The Balaban J connectivity index is 3.98. The molecule has 0 saturated heterocycles. The maximum absolute atomic E-state index is 6.25. The molecule has 0 rings (SSSR count). The highest BCUT2D eigenvalue weighted by molar-refractivity contribution is 14.1. The normalized spacial score (nSPS) is 14.9. The molecule has 0 aliphatic carbocycles. The van der Waals surface area contributed by atoms with Crippen LogP contribution in [0.15, 0.2) is 9.66 Å². The van der Waals surface area contributed by atoms with E-state index in [0.29, 0.717) is 10.1 Å². The van der Waals surface area contributed by atoms with Crippen molar-refractivity contribution in [3.63, 3.8) is 0 Å². The summed E-state index contributed by atoms with van der Waals surface area (Å²) in [6.07, 6.45) is 6.89. The summed E-state index contributed by atoms with van der Waals surface area (Å²) in [5, 5.41) is 0.613.